The van der Waals surface area contributed by atoms with E-state index in [1.54, 1.807) is 12.1 Å². The number of nitrogens with zero attached hydrogens (tertiary/aromatic N) is 3. The van der Waals surface area contributed by atoms with E-state index in [-0.39, 0.29) is 18.4 Å². The van der Waals surface area contributed by atoms with E-state index in [4.69, 9.17) is 36.3 Å². The number of H-pyrrole nitrogens is 1. The van der Waals surface area contributed by atoms with Crippen LogP contribution in [0, 0.1) is 0 Å². The molecule has 1 saturated heterocycles. The normalized spacial score (nSPS) is 21.3. The smallest absolute Gasteiger partial charge is 0.303 e. The van der Waals surface area contributed by atoms with Gasteiger partial charge in [-0.15, -0.1) is 0 Å². The van der Waals surface area contributed by atoms with Crippen molar-refractivity contribution in [3.8, 4) is 0 Å². The molecule has 4 atom stereocenters. The number of hydrogen-bond donors (Lipinski definition) is 2. The molecule has 190 valence electrons. The van der Waals surface area contributed by atoms with E-state index >= 15 is 0 Å². The lowest BCUT2D eigenvalue weighted by atomic mass is 10.1. The molecule has 4 rings (SSSR count). The van der Waals surface area contributed by atoms with Crippen molar-refractivity contribution in [2.24, 2.45) is 0 Å². The number of carbonyl (C=O) groups excluding carboxylic acids is 3. The Kier molecular flexibility index (Phi) is 7.62. The number of nitrogen functional groups attached to an aromatic ring is 1. The molecular formula is C22H22ClN5O7S. The minimum absolute atomic E-state index is 0.0172. The first-order valence-electron chi connectivity index (χ1n) is 10.7. The summed E-state index contributed by atoms with van der Waals surface area (Å²) in [5.74, 6) is -1.55. The molecule has 0 aliphatic carbocycles. The van der Waals surface area contributed by atoms with E-state index < -0.39 is 42.3 Å². The third kappa shape index (κ3) is 5.86. The number of aromatic amines is 1. The summed E-state index contributed by atoms with van der Waals surface area (Å²) in [4.78, 5) is 52.0. The number of imidazole rings is 1. The van der Waals surface area contributed by atoms with Crippen LogP contribution in [0.5, 0.6) is 0 Å². The fourth-order valence-electron chi connectivity index (χ4n) is 3.66. The number of rotatable bonds is 7. The highest BCUT2D eigenvalue weighted by Gasteiger charge is 2.51. The largest absolute Gasteiger partial charge is 0.463 e. The van der Waals surface area contributed by atoms with Crippen LogP contribution in [0.2, 0.25) is 5.02 Å². The van der Waals surface area contributed by atoms with E-state index in [9.17, 15) is 14.4 Å². The number of carbonyl (C=O) groups is 3. The maximum atomic E-state index is 11.9. The molecule has 3 N–H and O–H groups in total. The Labute approximate surface area is 214 Å². The average molecular weight is 536 g/mol. The molecule has 3 aromatic rings. The molecule has 1 aromatic carbocycles. The van der Waals surface area contributed by atoms with Crippen molar-refractivity contribution in [1.82, 2.24) is 19.9 Å². The second kappa shape index (κ2) is 10.7. The van der Waals surface area contributed by atoms with E-state index in [0.29, 0.717) is 21.2 Å². The highest BCUT2D eigenvalue weighted by Crippen LogP contribution is 2.39. The molecule has 0 unspecified atom stereocenters. The Morgan fingerprint density at radius 3 is 2.33 bits per heavy atom. The quantitative estimate of drug-likeness (QED) is 0.258. The molecule has 3 heterocycles. The van der Waals surface area contributed by atoms with Gasteiger partial charge in [-0.05, 0) is 24.3 Å². The number of benzene rings is 1. The van der Waals surface area contributed by atoms with E-state index in [1.807, 2.05) is 12.1 Å². The second-order valence-electron chi connectivity index (χ2n) is 7.81. The SMILES string of the molecule is CC(=O)OC[C@H]1O[C@@H](c2nc3c(Sc4ccc(Cl)cc4)nc(N)nc3[nH]2)[C@H](OC(C)=O)[C@@H]1OC(C)=O. The van der Waals surface area contributed by atoms with Gasteiger partial charge in [0.15, 0.2) is 24.0 Å². The van der Waals surface area contributed by atoms with Crippen LogP contribution >= 0.6 is 23.4 Å². The molecule has 14 heteroatoms. The van der Waals surface area contributed by atoms with Gasteiger partial charge in [-0.2, -0.15) is 4.98 Å². The molecule has 1 aliphatic heterocycles. The Bertz CT molecular complexity index is 1300. The fraction of sp³-hybridized carbons (Fsp3) is 0.364. The summed E-state index contributed by atoms with van der Waals surface area (Å²) in [5.41, 5.74) is 6.64. The van der Waals surface area contributed by atoms with Gasteiger partial charge in [0.2, 0.25) is 5.95 Å². The lowest BCUT2D eigenvalue weighted by molar-refractivity contribution is -0.165. The number of nitrogens with one attached hydrogen (secondary N) is 1. The zero-order valence-corrected chi connectivity index (χ0v) is 21.0. The first-order valence-corrected chi connectivity index (χ1v) is 11.9. The fourth-order valence-corrected chi connectivity index (χ4v) is 4.66. The minimum Gasteiger partial charge on any atom is -0.463 e. The Hall–Kier alpha value is -3.42. The number of hydrogen-bond acceptors (Lipinski definition) is 12. The number of halogens is 1. The van der Waals surface area contributed by atoms with E-state index in [2.05, 4.69) is 19.9 Å². The van der Waals surface area contributed by atoms with E-state index in [1.165, 1.54) is 32.5 Å². The van der Waals surface area contributed by atoms with Crippen molar-refractivity contribution < 1.29 is 33.3 Å². The van der Waals surface area contributed by atoms with Crippen LogP contribution in [0.25, 0.3) is 11.2 Å². The maximum Gasteiger partial charge on any atom is 0.303 e. The Morgan fingerprint density at radius 1 is 1.03 bits per heavy atom. The molecule has 12 nitrogen and oxygen atoms in total. The van der Waals surface area contributed by atoms with Crippen LogP contribution in [-0.4, -0.2) is 62.8 Å². The minimum atomic E-state index is -1.08. The monoisotopic (exact) mass is 535 g/mol. The summed E-state index contributed by atoms with van der Waals surface area (Å²) in [6.45, 7) is 3.43. The predicted molar refractivity (Wildman–Crippen MR) is 127 cm³/mol. The topological polar surface area (TPSA) is 169 Å². The van der Waals surface area contributed by atoms with Crippen molar-refractivity contribution in [2.75, 3.05) is 12.3 Å². The summed E-state index contributed by atoms with van der Waals surface area (Å²) in [6, 6.07) is 7.14. The zero-order valence-electron chi connectivity index (χ0n) is 19.4. The van der Waals surface area contributed by atoms with E-state index in [0.717, 1.165) is 4.90 Å². The van der Waals surface area contributed by atoms with Gasteiger partial charge < -0.3 is 29.7 Å². The van der Waals surface area contributed by atoms with Gasteiger partial charge in [-0.1, -0.05) is 23.4 Å². The van der Waals surface area contributed by atoms with Crippen LogP contribution in [0.1, 0.15) is 32.7 Å². The molecule has 1 fully saturated rings. The van der Waals surface area contributed by atoms with Gasteiger partial charge in [-0.25, -0.2) is 9.97 Å². The average Bonchev–Trinajstić information content (AvgIpc) is 3.35. The summed E-state index contributed by atoms with van der Waals surface area (Å²) >= 11 is 7.28. The molecule has 0 bridgehead atoms. The summed E-state index contributed by atoms with van der Waals surface area (Å²) in [7, 11) is 0. The van der Waals surface area contributed by atoms with Crippen molar-refractivity contribution in [1.29, 1.82) is 0 Å². The van der Waals surface area contributed by atoms with Gasteiger partial charge in [0.05, 0.1) is 0 Å². The Morgan fingerprint density at radius 2 is 1.69 bits per heavy atom. The van der Waals surface area contributed by atoms with Crippen LogP contribution in [0.4, 0.5) is 5.95 Å². The Balaban J connectivity index is 1.72. The van der Waals surface area contributed by atoms with Gasteiger partial charge in [0, 0.05) is 30.7 Å². The highest BCUT2D eigenvalue weighted by molar-refractivity contribution is 7.99. The number of esters is 3. The molecule has 0 spiro atoms. The number of aromatic nitrogens is 4. The molecule has 0 amide bonds. The van der Waals surface area contributed by atoms with Gasteiger partial charge in [0.1, 0.15) is 29.1 Å². The summed E-state index contributed by atoms with van der Waals surface area (Å²) in [5, 5.41) is 1.06. The highest BCUT2D eigenvalue weighted by atomic mass is 35.5. The summed E-state index contributed by atoms with van der Waals surface area (Å²) in [6.07, 6.45) is -4.05. The standard InChI is InChI=1S/C22H22ClN5O7S/c1-9(29)32-8-14-16(33-10(2)30)17(34-11(3)31)18(35-14)20-25-15-19(26-20)27-22(24)28-21(15)36-13-6-4-12(23)5-7-13/h4-7,14,16-18H,8H2,1-3H3,(H3,24,25,26,27,28)/t14-,16-,17-,18-/m1/s1. The number of nitrogens with two attached hydrogens (primary N) is 1. The summed E-state index contributed by atoms with van der Waals surface area (Å²) < 4.78 is 22.0. The molecule has 0 saturated carbocycles. The maximum absolute atomic E-state index is 11.9. The number of ether oxygens (including phenoxy) is 4. The lowest BCUT2D eigenvalue weighted by Crippen LogP contribution is -2.40. The van der Waals surface area contributed by atoms with Crippen molar-refractivity contribution in [3.63, 3.8) is 0 Å². The van der Waals surface area contributed by atoms with Gasteiger partial charge in [-0.3, -0.25) is 14.4 Å². The zero-order chi connectivity index (χ0) is 26.0. The van der Waals surface area contributed by atoms with Crippen LogP contribution in [0.3, 0.4) is 0 Å². The van der Waals surface area contributed by atoms with Crippen LogP contribution in [-0.2, 0) is 33.3 Å². The number of fused-ring (bicyclic) bond motifs is 1. The second-order valence-corrected chi connectivity index (χ2v) is 9.31. The third-order valence-electron chi connectivity index (χ3n) is 5.01. The van der Waals surface area contributed by atoms with Crippen molar-refractivity contribution >= 4 is 58.4 Å². The molecule has 0 radical (unpaired) electrons. The van der Waals surface area contributed by atoms with Crippen LogP contribution in [0.15, 0.2) is 34.2 Å². The van der Waals surface area contributed by atoms with Gasteiger partial charge in [0.25, 0.3) is 0 Å². The van der Waals surface area contributed by atoms with Crippen molar-refractivity contribution in [3.05, 3.63) is 35.1 Å². The third-order valence-corrected chi connectivity index (χ3v) is 6.25. The van der Waals surface area contributed by atoms with Gasteiger partial charge >= 0.3 is 17.9 Å². The molecular weight excluding hydrogens is 514 g/mol. The predicted octanol–water partition coefficient (Wildman–Crippen LogP) is 2.61. The molecule has 2 aromatic heterocycles. The van der Waals surface area contributed by atoms with Crippen LogP contribution < -0.4 is 5.73 Å². The van der Waals surface area contributed by atoms with Crippen molar-refractivity contribution in [2.45, 2.75) is 55.1 Å². The molecule has 36 heavy (non-hydrogen) atoms. The first-order chi connectivity index (χ1) is 17.1. The lowest BCUT2D eigenvalue weighted by Gasteiger charge is -2.22. The number of anilines is 1. The molecule has 1 aliphatic rings. The first kappa shape index (κ1) is 25.7.